The van der Waals surface area contributed by atoms with Gasteiger partial charge in [0.1, 0.15) is 11.6 Å². The Morgan fingerprint density at radius 3 is 2.76 bits per heavy atom. The smallest absolute Gasteiger partial charge is 0.253 e. The lowest BCUT2D eigenvalue weighted by molar-refractivity contribution is 0.0940. The molecule has 3 N–H and O–H groups in total. The van der Waals surface area contributed by atoms with Crippen LogP contribution in [0.15, 0.2) is 42.5 Å². The molecular formula is C16H17FN2O2. The number of carbonyl (C=O) groups is 1. The van der Waals surface area contributed by atoms with Crippen molar-refractivity contribution < 1.29 is 13.9 Å². The Kier molecular flexibility index (Phi) is 4.42. The molecule has 0 aromatic heterocycles. The number of methoxy groups -OCH3 is 1. The van der Waals surface area contributed by atoms with Gasteiger partial charge in [-0.05, 0) is 42.8 Å². The minimum atomic E-state index is -0.497. The molecule has 0 aliphatic carbocycles. The Bertz CT molecular complexity index is 658. The normalized spacial score (nSPS) is 11.8. The van der Waals surface area contributed by atoms with Crippen LogP contribution in [-0.2, 0) is 0 Å². The van der Waals surface area contributed by atoms with Crippen LogP contribution >= 0.6 is 0 Å². The average Bonchev–Trinajstić information content (AvgIpc) is 2.49. The van der Waals surface area contributed by atoms with Gasteiger partial charge in [0.05, 0.1) is 18.7 Å². The van der Waals surface area contributed by atoms with Crippen molar-refractivity contribution in [2.45, 2.75) is 13.0 Å². The zero-order chi connectivity index (χ0) is 15.4. The van der Waals surface area contributed by atoms with Gasteiger partial charge < -0.3 is 15.8 Å². The van der Waals surface area contributed by atoms with Gasteiger partial charge in [-0.3, -0.25) is 4.79 Å². The number of ether oxygens (including phenoxy) is 1. The Labute approximate surface area is 122 Å². The van der Waals surface area contributed by atoms with Crippen molar-refractivity contribution in [2.75, 3.05) is 12.8 Å². The van der Waals surface area contributed by atoms with Crippen LogP contribution in [0.1, 0.15) is 28.9 Å². The van der Waals surface area contributed by atoms with Crippen LogP contribution in [0.4, 0.5) is 10.1 Å². The monoisotopic (exact) mass is 288 g/mol. The van der Waals surface area contributed by atoms with Crippen molar-refractivity contribution in [2.24, 2.45) is 0 Å². The average molecular weight is 288 g/mol. The fraction of sp³-hybridized carbons (Fsp3) is 0.188. The molecule has 110 valence electrons. The minimum absolute atomic E-state index is 0.129. The van der Waals surface area contributed by atoms with E-state index in [9.17, 15) is 9.18 Å². The molecule has 2 aromatic rings. The van der Waals surface area contributed by atoms with Crippen molar-refractivity contribution in [1.29, 1.82) is 0 Å². The maximum atomic E-state index is 13.2. The number of carbonyl (C=O) groups excluding carboxylic acids is 1. The molecule has 0 saturated carbocycles. The van der Waals surface area contributed by atoms with Gasteiger partial charge in [-0.1, -0.05) is 12.1 Å². The second kappa shape index (κ2) is 6.26. The first-order valence-electron chi connectivity index (χ1n) is 6.51. The molecule has 1 amide bonds. The SMILES string of the molecule is COc1cccc(C(C)NC(=O)c2cc(F)ccc2N)c1. The summed E-state index contributed by atoms with van der Waals surface area (Å²) in [5, 5.41) is 2.79. The van der Waals surface area contributed by atoms with Crippen molar-refractivity contribution in [1.82, 2.24) is 5.32 Å². The lowest BCUT2D eigenvalue weighted by Crippen LogP contribution is -2.27. The molecule has 2 aromatic carbocycles. The molecule has 0 aliphatic rings. The van der Waals surface area contributed by atoms with Crippen molar-refractivity contribution in [3.05, 3.63) is 59.4 Å². The highest BCUT2D eigenvalue weighted by Crippen LogP contribution is 2.20. The minimum Gasteiger partial charge on any atom is -0.497 e. The molecular weight excluding hydrogens is 271 g/mol. The molecule has 2 rings (SSSR count). The number of nitrogens with one attached hydrogen (secondary N) is 1. The second-order valence-corrected chi connectivity index (χ2v) is 4.70. The van der Waals surface area contributed by atoms with E-state index in [4.69, 9.17) is 10.5 Å². The third-order valence-corrected chi connectivity index (χ3v) is 3.20. The van der Waals surface area contributed by atoms with Gasteiger partial charge in [-0.2, -0.15) is 0 Å². The van der Waals surface area contributed by atoms with E-state index in [1.165, 1.54) is 12.1 Å². The number of halogens is 1. The van der Waals surface area contributed by atoms with E-state index >= 15 is 0 Å². The van der Waals surface area contributed by atoms with E-state index in [0.717, 1.165) is 11.6 Å². The molecule has 21 heavy (non-hydrogen) atoms. The van der Waals surface area contributed by atoms with Crippen LogP contribution in [0.5, 0.6) is 5.75 Å². The first-order valence-corrected chi connectivity index (χ1v) is 6.51. The van der Waals surface area contributed by atoms with Gasteiger partial charge in [-0.25, -0.2) is 4.39 Å². The largest absolute Gasteiger partial charge is 0.497 e. The zero-order valence-corrected chi connectivity index (χ0v) is 11.9. The number of rotatable bonds is 4. The molecule has 0 spiro atoms. The quantitative estimate of drug-likeness (QED) is 0.850. The molecule has 4 nitrogen and oxygen atoms in total. The Balaban J connectivity index is 2.16. The Hall–Kier alpha value is -2.56. The van der Waals surface area contributed by atoms with E-state index in [1.807, 2.05) is 31.2 Å². The zero-order valence-electron chi connectivity index (χ0n) is 11.9. The number of nitrogens with two attached hydrogens (primary N) is 1. The Morgan fingerprint density at radius 1 is 1.29 bits per heavy atom. The van der Waals surface area contributed by atoms with Gasteiger partial charge in [0, 0.05) is 5.69 Å². The van der Waals surface area contributed by atoms with E-state index in [2.05, 4.69) is 5.32 Å². The maximum absolute atomic E-state index is 13.2. The molecule has 1 unspecified atom stereocenters. The van der Waals surface area contributed by atoms with E-state index in [1.54, 1.807) is 7.11 Å². The summed E-state index contributed by atoms with van der Waals surface area (Å²) in [6.07, 6.45) is 0. The summed E-state index contributed by atoms with van der Waals surface area (Å²) in [5.41, 5.74) is 6.96. The lowest BCUT2D eigenvalue weighted by Gasteiger charge is -2.16. The van der Waals surface area contributed by atoms with Crippen LogP contribution in [0.3, 0.4) is 0 Å². The van der Waals surface area contributed by atoms with Gasteiger partial charge in [-0.15, -0.1) is 0 Å². The molecule has 0 radical (unpaired) electrons. The van der Waals surface area contributed by atoms with Gasteiger partial charge in [0.25, 0.3) is 5.91 Å². The van der Waals surface area contributed by atoms with Crippen LogP contribution in [0.25, 0.3) is 0 Å². The third kappa shape index (κ3) is 3.51. The molecule has 0 bridgehead atoms. The van der Waals surface area contributed by atoms with Crippen LogP contribution in [0.2, 0.25) is 0 Å². The summed E-state index contributed by atoms with van der Waals surface area (Å²) in [4.78, 5) is 12.2. The summed E-state index contributed by atoms with van der Waals surface area (Å²) in [6.45, 7) is 1.84. The molecule has 0 heterocycles. The fourth-order valence-electron chi connectivity index (χ4n) is 1.99. The summed E-state index contributed by atoms with van der Waals surface area (Å²) >= 11 is 0. The van der Waals surface area contributed by atoms with Crippen LogP contribution < -0.4 is 15.8 Å². The van der Waals surface area contributed by atoms with Crippen LogP contribution in [0, 0.1) is 5.82 Å². The molecule has 1 atom stereocenters. The van der Waals surface area contributed by atoms with Crippen molar-refractivity contribution >= 4 is 11.6 Å². The van der Waals surface area contributed by atoms with Gasteiger partial charge >= 0.3 is 0 Å². The number of hydrogen-bond donors (Lipinski definition) is 2. The van der Waals surface area contributed by atoms with Crippen molar-refractivity contribution in [3.63, 3.8) is 0 Å². The number of anilines is 1. The highest BCUT2D eigenvalue weighted by molar-refractivity contribution is 5.99. The van der Waals surface area contributed by atoms with Crippen LogP contribution in [-0.4, -0.2) is 13.0 Å². The number of nitrogen functional groups attached to an aromatic ring is 1. The number of hydrogen-bond acceptors (Lipinski definition) is 3. The van der Waals surface area contributed by atoms with E-state index < -0.39 is 11.7 Å². The highest BCUT2D eigenvalue weighted by atomic mass is 19.1. The van der Waals surface area contributed by atoms with Crippen molar-refractivity contribution in [3.8, 4) is 5.75 Å². The second-order valence-electron chi connectivity index (χ2n) is 4.70. The number of amides is 1. The number of benzene rings is 2. The first-order chi connectivity index (χ1) is 10.0. The first kappa shape index (κ1) is 14.8. The van der Waals surface area contributed by atoms with E-state index in [0.29, 0.717) is 5.75 Å². The molecule has 0 aliphatic heterocycles. The highest BCUT2D eigenvalue weighted by Gasteiger charge is 2.15. The summed E-state index contributed by atoms with van der Waals surface area (Å²) in [6, 6.07) is 10.8. The van der Waals surface area contributed by atoms with Gasteiger partial charge in [0.15, 0.2) is 0 Å². The molecule has 0 fully saturated rings. The summed E-state index contributed by atoms with van der Waals surface area (Å²) in [5.74, 6) is -0.204. The van der Waals surface area contributed by atoms with Gasteiger partial charge in [0.2, 0.25) is 0 Å². The predicted octanol–water partition coefficient (Wildman–Crippen LogP) is 2.91. The molecule has 0 saturated heterocycles. The van der Waals surface area contributed by atoms with E-state index in [-0.39, 0.29) is 17.3 Å². The third-order valence-electron chi connectivity index (χ3n) is 3.20. The fourth-order valence-corrected chi connectivity index (χ4v) is 1.99. The molecule has 5 heteroatoms. The summed E-state index contributed by atoms with van der Waals surface area (Å²) in [7, 11) is 1.58. The Morgan fingerprint density at radius 2 is 2.05 bits per heavy atom. The maximum Gasteiger partial charge on any atom is 0.253 e. The lowest BCUT2D eigenvalue weighted by atomic mass is 10.1. The topological polar surface area (TPSA) is 64.3 Å². The standard InChI is InChI=1S/C16H17FN2O2/c1-10(11-4-3-5-13(8-11)21-2)19-16(20)14-9-12(17)6-7-15(14)18/h3-10H,18H2,1-2H3,(H,19,20). The predicted molar refractivity (Wildman–Crippen MR) is 79.7 cm³/mol. The summed E-state index contributed by atoms with van der Waals surface area (Å²) < 4.78 is 18.4.